The summed E-state index contributed by atoms with van der Waals surface area (Å²) in [6.45, 7) is 3.90. The average Bonchev–Trinajstić information content (AvgIpc) is 2.40. The van der Waals surface area contributed by atoms with Crippen molar-refractivity contribution in [3.8, 4) is 22.6 Å². The summed E-state index contributed by atoms with van der Waals surface area (Å²) < 4.78 is 10.7. The first kappa shape index (κ1) is 15.0. The van der Waals surface area contributed by atoms with Gasteiger partial charge in [0, 0.05) is 21.2 Å². The molecular weight excluding hydrogens is 295 g/mol. The highest BCUT2D eigenvalue weighted by Crippen LogP contribution is 2.40. The Bertz CT molecular complexity index is 594. The number of benzene rings is 2. The van der Waals surface area contributed by atoms with Crippen molar-refractivity contribution in [2.75, 3.05) is 14.2 Å². The fourth-order valence-corrected chi connectivity index (χ4v) is 2.80. The summed E-state index contributed by atoms with van der Waals surface area (Å²) >= 11 is 12.7. The van der Waals surface area contributed by atoms with E-state index in [2.05, 4.69) is 0 Å². The van der Waals surface area contributed by atoms with Crippen molar-refractivity contribution < 1.29 is 9.47 Å². The van der Waals surface area contributed by atoms with Gasteiger partial charge in [0.2, 0.25) is 0 Å². The predicted molar refractivity (Wildman–Crippen MR) is 84.5 cm³/mol. The van der Waals surface area contributed by atoms with Gasteiger partial charge >= 0.3 is 0 Å². The van der Waals surface area contributed by atoms with Crippen LogP contribution in [0.5, 0.6) is 11.5 Å². The van der Waals surface area contributed by atoms with Gasteiger partial charge in [0.25, 0.3) is 0 Å². The summed E-state index contributed by atoms with van der Waals surface area (Å²) in [5, 5.41) is 1.27. The van der Waals surface area contributed by atoms with E-state index >= 15 is 0 Å². The molecule has 0 aliphatic rings. The van der Waals surface area contributed by atoms with Gasteiger partial charge in [-0.25, -0.2) is 0 Å². The standard InChI is InChI=1S/C16H16Cl2O2/c1-9-5-13(17)11(7-15(9)19-3)12-8-16(20-4)10(2)6-14(12)18/h5-8H,1-4H3. The quantitative estimate of drug-likeness (QED) is 0.766. The van der Waals surface area contributed by atoms with E-state index < -0.39 is 0 Å². The summed E-state index contributed by atoms with van der Waals surface area (Å²) in [6, 6.07) is 7.54. The molecule has 0 aromatic heterocycles. The maximum Gasteiger partial charge on any atom is 0.122 e. The molecule has 0 saturated carbocycles. The molecule has 0 unspecified atom stereocenters. The number of rotatable bonds is 3. The molecule has 0 bridgehead atoms. The molecule has 0 radical (unpaired) electrons. The summed E-state index contributed by atoms with van der Waals surface area (Å²) in [4.78, 5) is 0. The molecule has 0 amide bonds. The highest BCUT2D eigenvalue weighted by molar-refractivity contribution is 6.36. The van der Waals surface area contributed by atoms with Gasteiger partial charge in [-0.2, -0.15) is 0 Å². The molecule has 0 N–H and O–H groups in total. The molecule has 2 rings (SSSR count). The van der Waals surface area contributed by atoms with Crippen LogP contribution in [0, 0.1) is 13.8 Å². The molecule has 0 heterocycles. The van der Waals surface area contributed by atoms with Crippen molar-refractivity contribution in [2.24, 2.45) is 0 Å². The number of hydrogen-bond acceptors (Lipinski definition) is 2. The fourth-order valence-electron chi connectivity index (χ4n) is 2.16. The molecule has 4 heteroatoms. The topological polar surface area (TPSA) is 18.5 Å². The van der Waals surface area contributed by atoms with Crippen LogP contribution >= 0.6 is 23.2 Å². The zero-order valence-electron chi connectivity index (χ0n) is 11.9. The highest BCUT2D eigenvalue weighted by atomic mass is 35.5. The zero-order valence-corrected chi connectivity index (χ0v) is 13.4. The van der Waals surface area contributed by atoms with Gasteiger partial charge in [0.05, 0.1) is 14.2 Å². The van der Waals surface area contributed by atoms with E-state index in [0.29, 0.717) is 10.0 Å². The molecule has 2 nitrogen and oxygen atoms in total. The maximum absolute atomic E-state index is 6.35. The lowest BCUT2D eigenvalue weighted by atomic mass is 10.0. The Hall–Kier alpha value is -1.38. The molecule has 2 aromatic rings. The smallest absolute Gasteiger partial charge is 0.122 e. The number of aryl methyl sites for hydroxylation is 2. The van der Waals surface area contributed by atoms with Crippen molar-refractivity contribution in [3.05, 3.63) is 45.4 Å². The summed E-state index contributed by atoms with van der Waals surface area (Å²) in [7, 11) is 3.27. The molecule has 0 aliphatic heterocycles. The van der Waals surface area contributed by atoms with Crippen molar-refractivity contribution in [2.45, 2.75) is 13.8 Å². The first-order chi connectivity index (χ1) is 9.47. The van der Waals surface area contributed by atoms with Gasteiger partial charge in [0.15, 0.2) is 0 Å². The molecule has 0 spiro atoms. The summed E-state index contributed by atoms with van der Waals surface area (Å²) in [6.07, 6.45) is 0. The van der Waals surface area contributed by atoms with Gasteiger partial charge in [0.1, 0.15) is 11.5 Å². The second kappa shape index (κ2) is 5.94. The first-order valence-corrected chi connectivity index (χ1v) is 6.92. The number of ether oxygens (including phenoxy) is 2. The van der Waals surface area contributed by atoms with Gasteiger partial charge in [-0.1, -0.05) is 23.2 Å². The van der Waals surface area contributed by atoms with Crippen LogP contribution in [0.3, 0.4) is 0 Å². The van der Waals surface area contributed by atoms with E-state index in [1.807, 2.05) is 38.1 Å². The summed E-state index contributed by atoms with van der Waals surface area (Å²) in [5.74, 6) is 1.56. The largest absolute Gasteiger partial charge is 0.496 e. The van der Waals surface area contributed by atoms with Gasteiger partial charge < -0.3 is 9.47 Å². The SMILES string of the molecule is COc1cc(-c2cc(OC)c(C)cc2Cl)c(Cl)cc1C. The van der Waals surface area contributed by atoms with Crippen LogP contribution in [-0.2, 0) is 0 Å². The highest BCUT2D eigenvalue weighted by Gasteiger charge is 2.14. The van der Waals surface area contributed by atoms with Crippen molar-refractivity contribution in [1.29, 1.82) is 0 Å². The van der Waals surface area contributed by atoms with Crippen LogP contribution in [0.25, 0.3) is 11.1 Å². The van der Waals surface area contributed by atoms with Gasteiger partial charge in [-0.05, 0) is 49.2 Å². The van der Waals surface area contributed by atoms with Crippen molar-refractivity contribution >= 4 is 23.2 Å². The maximum atomic E-state index is 6.35. The Morgan fingerprint density at radius 1 is 0.700 bits per heavy atom. The minimum atomic E-state index is 0.635. The minimum Gasteiger partial charge on any atom is -0.496 e. The lowest BCUT2D eigenvalue weighted by Crippen LogP contribution is -1.92. The lowest BCUT2D eigenvalue weighted by Gasteiger charge is -2.14. The van der Waals surface area contributed by atoms with Gasteiger partial charge in [-0.3, -0.25) is 0 Å². The van der Waals surface area contributed by atoms with E-state index in [0.717, 1.165) is 33.8 Å². The van der Waals surface area contributed by atoms with Gasteiger partial charge in [-0.15, -0.1) is 0 Å². The second-order valence-electron chi connectivity index (χ2n) is 4.60. The normalized spacial score (nSPS) is 10.5. The molecule has 0 saturated heterocycles. The molecule has 0 atom stereocenters. The molecule has 0 fully saturated rings. The third kappa shape index (κ3) is 2.72. The molecule has 106 valence electrons. The third-order valence-electron chi connectivity index (χ3n) is 3.26. The number of hydrogen-bond donors (Lipinski definition) is 0. The Morgan fingerprint density at radius 3 is 1.35 bits per heavy atom. The van der Waals surface area contributed by atoms with Crippen LogP contribution in [0.4, 0.5) is 0 Å². The van der Waals surface area contributed by atoms with E-state index in [-0.39, 0.29) is 0 Å². The van der Waals surface area contributed by atoms with E-state index in [1.54, 1.807) is 14.2 Å². The lowest BCUT2D eigenvalue weighted by molar-refractivity contribution is 0.411. The van der Waals surface area contributed by atoms with Crippen molar-refractivity contribution in [3.63, 3.8) is 0 Å². The van der Waals surface area contributed by atoms with E-state index in [9.17, 15) is 0 Å². The fraction of sp³-hybridized carbons (Fsp3) is 0.250. The molecule has 0 aliphatic carbocycles. The van der Waals surface area contributed by atoms with Crippen LogP contribution in [0.15, 0.2) is 24.3 Å². The monoisotopic (exact) mass is 310 g/mol. The second-order valence-corrected chi connectivity index (χ2v) is 5.42. The number of methoxy groups -OCH3 is 2. The molecular formula is C16H16Cl2O2. The zero-order chi connectivity index (χ0) is 14.9. The Morgan fingerprint density at radius 2 is 1.05 bits per heavy atom. The van der Waals surface area contributed by atoms with Crippen LogP contribution in [-0.4, -0.2) is 14.2 Å². The van der Waals surface area contributed by atoms with E-state index in [4.69, 9.17) is 32.7 Å². The van der Waals surface area contributed by atoms with Crippen LogP contribution in [0.2, 0.25) is 10.0 Å². The number of halogens is 2. The van der Waals surface area contributed by atoms with E-state index in [1.165, 1.54) is 0 Å². The predicted octanol–water partition coefficient (Wildman–Crippen LogP) is 5.29. The van der Waals surface area contributed by atoms with Crippen LogP contribution in [0.1, 0.15) is 11.1 Å². The molecule has 20 heavy (non-hydrogen) atoms. The minimum absolute atomic E-state index is 0.635. The Balaban J connectivity index is 2.67. The Kier molecular flexibility index (Phi) is 4.46. The Labute approximate surface area is 129 Å². The first-order valence-electron chi connectivity index (χ1n) is 6.16. The van der Waals surface area contributed by atoms with Crippen LogP contribution < -0.4 is 9.47 Å². The molecule has 2 aromatic carbocycles. The third-order valence-corrected chi connectivity index (χ3v) is 3.88. The summed E-state index contributed by atoms with van der Waals surface area (Å²) in [5.41, 5.74) is 3.63. The average molecular weight is 311 g/mol. The van der Waals surface area contributed by atoms with Crippen molar-refractivity contribution in [1.82, 2.24) is 0 Å².